The largest absolute Gasteiger partial charge is 0.493 e. The summed E-state index contributed by atoms with van der Waals surface area (Å²) < 4.78 is 5.84. The summed E-state index contributed by atoms with van der Waals surface area (Å²) in [5.74, 6) is 1.04. The van der Waals surface area contributed by atoms with E-state index in [-0.39, 0.29) is 0 Å². The number of rotatable bonds is 3. The molecule has 14 heavy (non-hydrogen) atoms. The molecule has 1 saturated carbocycles. The third kappa shape index (κ3) is 1.92. The normalized spacial score (nSPS) is 18.7. The van der Waals surface area contributed by atoms with Crippen LogP contribution in [0.15, 0.2) is 24.3 Å². The van der Waals surface area contributed by atoms with E-state index in [1.807, 2.05) is 12.1 Å². The van der Waals surface area contributed by atoms with Crippen LogP contribution < -0.4 is 4.74 Å². The fourth-order valence-electron chi connectivity index (χ4n) is 1.90. The Hall–Kier alpha value is -0.980. The zero-order chi connectivity index (χ0) is 10.0. The van der Waals surface area contributed by atoms with E-state index in [1.165, 1.54) is 24.8 Å². The Labute approximate surface area is 86.1 Å². The number of benzene rings is 1. The summed E-state index contributed by atoms with van der Waals surface area (Å²) in [6.45, 7) is 5.28. The van der Waals surface area contributed by atoms with Gasteiger partial charge in [0.15, 0.2) is 0 Å². The van der Waals surface area contributed by atoms with E-state index in [0.717, 1.165) is 12.4 Å². The van der Waals surface area contributed by atoms with Gasteiger partial charge in [-0.2, -0.15) is 0 Å². The van der Waals surface area contributed by atoms with Crippen molar-refractivity contribution in [1.29, 1.82) is 0 Å². The molecule has 0 atom stereocenters. The maximum Gasteiger partial charge on any atom is 0.122 e. The molecular weight excluding hydrogens is 172 g/mol. The number of aryl methyl sites for hydroxylation is 1. The predicted molar refractivity (Wildman–Crippen MR) is 58.6 cm³/mol. The molecule has 0 aromatic heterocycles. The molecule has 0 radical (unpaired) electrons. The predicted octanol–water partition coefficient (Wildman–Crippen LogP) is 3.56. The van der Waals surface area contributed by atoms with E-state index in [9.17, 15) is 0 Å². The van der Waals surface area contributed by atoms with Gasteiger partial charge in [0.25, 0.3) is 0 Å². The van der Waals surface area contributed by atoms with Crippen molar-refractivity contribution in [3.63, 3.8) is 0 Å². The Kier molecular flexibility index (Phi) is 2.49. The van der Waals surface area contributed by atoms with Gasteiger partial charge < -0.3 is 4.74 Å². The van der Waals surface area contributed by atoms with Crippen molar-refractivity contribution in [2.24, 2.45) is 5.41 Å². The minimum atomic E-state index is 0.447. The maximum atomic E-state index is 5.84. The molecule has 1 aromatic carbocycles. The van der Waals surface area contributed by atoms with Crippen LogP contribution in [0.3, 0.4) is 0 Å². The molecule has 0 bridgehead atoms. The zero-order valence-electron chi connectivity index (χ0n) is 9.05. The molecule has 1 aromatic rings. The highest BCUT2D eigenvalue weighted by molar-refractivity contribution is 5.31. The van der Waals surface area contributed by atoms with Gasteiger partial charge in [0.1, 0.15) is 5.75 Å². The second kappa shape index (κ2) is 3.64. The molecule has 0 heterocycles. The second-order valence-electron chi connectivity index (χ2n) is 4.72. The Morgan fingerprint density at radius 3 is 2.57 bits per heavy atom. The lowest BCUT2D eigenvalue weighted by Crippen LogP contribution is -2.32. The molecule has 0 unspecified atom stereocenters. The van der Waals surface area contributed by atoms with E-state index in [1.54, 1.807) is 0 Å². The monoisotopic (exact) mass is 190 g/mol. The summed E-state index contributed by atoms with van der Waals surface area (Å²) in [7, 11) is 0. The minimum Gasteiger partial charge on any atom is -0.493 e. The van der Waals surface area contributed by atoms with Crippen LogP contribution in [-0.4, -0.2) is 6.61 Å². The van der Waals surface area contributed by atoms with Crippen molar-refractivity contribution in [2.75, 3.05) is 6.61 Å². The fraction of sp³-hybridized carbons (Fsp3) is 0.538. The first kappa shape index (κ1) is 9.57. The molecular formula is C13H18O. The first-order chi connectivity index (χ1) is 6.70. The third-order valence-corrected chi connectivity index (χ3v) is 3.23. The molecule has 76 valence electrons. The smallest absolute Gasteiger partial charge is 0.122 e. The lowest BCUT2D eigenvalue weighted by Gasteiger charge is -2.37. The summed E-state index contributed by atoms with van der Waals surface area (Å²) in [4.78, 5) is 0. The first-order valence-electron chi connectivity index (χ1n) is 5.38. The first-order valence-corrected chi connectivity index (χ1v) is 5.38. The van der Waals surface area contributed by atoms with E-state index >= 15 is 0 Å². The summed E-state index contributed by atoms with van der Waals surface area (Å²) >= 11 is 0. The fourth-order valence-corrected chi connectivity index (χ4v) is 1.90. The highest BCUT2D eigenvalue weighted by Crippen LogP contribution is 2.40. The molecule has 0 amide bonds. The summed E-state index contributed by atoms with van der Waals surface area (Å²) in [6.07, 6.45) is 4.01. The SMILES string of the molecule is Cc1ccccc1OCC1(C)CCC1. The van der Waals surface area contributed by atoms with Gasteiger partial charge in [-0.05, 0) is 31.4 Å². The average molecular weight is 190 g/mol. The van der Waals surface area contributed by atoms with Crippen molar-refractivity contribution in [2.45, 2.75) is 33.1 Å². The highest BCUT2D eigenvalue weighted by Gasteiger charge is 2.32. The van der Waals surface area contributed by atoms with Crippen molar-refractivity contribution in [3.05, 3.63) is 29.8 Å². The van der Waals surface area contributed by atoms with Gasteiger partial charge in [0, 0.05) is 5.41 Å². The highest BCUT2D eigenvalue weighted by atomic mass is 16.5. The van der Waals surface area contributed by atoms with Crippen LogP contribution in [0.25, 0.3) is 0 Å². The average Bonchev–Trinajstić information content (AvgIpc) is 2.14. The van der Waals surface area contributed by atoms with Gasteiger partial charge in [-0.1, -0.05) is 31.5 Å². The van der Waals surface area contributed by atoms with Crippen molar-refractivity contribution in [3.8, 4) is 5.75 Å². The van der Waals surface area contributed by atoms with E-state index < -0.39 is 0 Å². The molecule has 1 aliphatic rings. The van der Waals surface area contributed by atoms with Crippen LogP contribution in [0.5, 0.6) is 5.75 Å². The van der Waals surface area contributed by atoms with Gasteiger partial charge in [0.05, 0.1) is 6.61 Å². The van der Waals surface area contributed by atoms with Gasteiger partial charge >= 0.3 is 0 Å². The van der Waals surface area contributed by atoms with Crippen LogP contribution in [0.2, 0.25) is 0 Å². The molecule has 1 nitrogen and oxygen atoms in total. The van der Waals surface area contributed by atoms with Crippen molar-refractivity contribution < 1.29 is 4.74 Å². The van der Waals surface area contributed by atoms with Crippen molar-refractivity contribution >= 4 is 0 Å². The molecule has 1 heteroatoms. The molecule has 0 aliphatic heterocycles. The topological polar surface area (TPSA) is 9.23 Å². The van der Waals surface area contributed by atoms with Crippen LogP contribution in [-0.2, 0) is 0 Å². The number of para-hydroxylation sites is 1. The Morgan fingerprint density at radius 1 is 1.29 bits per heavy atom. The standard InChI is InChI=1S/C13H18O/c1-11-6-3-4-7-12(11)14-10-13(2)8-5-9-13/h3-4,6-7H,5,8-10H2,1-2H3. The van der Waals surface area contributed by atoms with Crippen molar-refractivity contribution in [1.82, 2.24) is 0 Å². The number of hydrogen-bond acceptors (Lipinski definition) is 1. The summed E-state index contributed by atoms with van der Waals surface area (Å²) in [5.41, 5.74) is 1.68. The van der Waals surface area contributed by atoms with Gasteiger partial charge in [0.2, 0.25) is 0 Å². The third-order valence-electron chi connectivity index (χ3n) is 3.23. The molecule has 0 N–H and O–H groups in total. The Morgan fingerprint density at radius 2 is 2.00 bits per heavy atom. The zero-order valence-corrected chi connectivity index (χ0v) is 9.05. The maximum absolute atomic E-state index is 5.84. The van der Waals surface area contributed by atoms with Crippen LogP contribution in [0.1, 0.15) is 31.7 Å². The van der Waals surface area contributed by atoms with Crippen LogP contribution >= 0.6 is 0 Å². The number of ether oxygens (including phenoxy) is 1. The van der Waals surface area contributed by atoms with E-state index in [0.29, 0.717) is 5.41 Å². The Balaban J connectivity index is 1.95. The summed E-state index contributed by atoms with van der Waals surface area (Å²) in [5, 5.41) is 0. The van der Waals surface area contributed by atoms with Gasteiger partial charge in [-0.3, -0.25) is 0 Å². The van der Waals surface area contributed by atoms with E-state index in [2.05, 4.69) is 26.0 Å². The second-order valence-corrected chi connectivity index (χ2v) is 4.72. The number of hydrogen-bond donors (Lipinski definition) is 0. The quantitative estimate of drug-likeness (QED) is 0.708. The lowest BCUT2D eigenvalue weighted by atomic mass is 9.71. The van der Waals surface area contributed by atoms with Crippen LogP contribution in [0, 0.1) is 12.3 Å². The van der Waals surface area contributed by atoms with Crippen LogP contribution in [0.4, 0.5) is 0 Å². The van der Waals surface area contributed by atoms with E-state index in [4.69, 9.17) is 4.74 Å². The molecule has 1 aliphatic carbocycles. The van der Waals surface area contributed by atoms with Gasteiger partial charge in [-0.25, -0.2) is 0 Å². The lowest BCUT2D eigenvalue weighted by molar-refractivity contribution is 0.0772. The molecule has 0 saturated heterocycles. The Bertz CT molecular complexity index is 313. The molecule has 2 rings (SSSR count). The minimum absolute atomic E-state index is 0.447. The molecule has 0 spiro atoms. The summed E-state index contributed by atoms with van der Waals surface area (Å²) in [6, 6.07) is 8.23. The molecule has 1 fully saturated rings. The van der Waals surface area contributed by atoms with Gasteiger partial charge in [-0.15, -0.1) is 0 Å².